The molecule has 39 heavy (non-hydrogen) atoms. The summed E-state index contributed by atoms with van der Waals surface area (Å²) in [6, 6.07) is 48.8. The van der Waals surface area contributed by atoms with Gasteiger partial charge in [-0.15, -0.1) is 11.3 Å². The van der Waals surface area contributed by atoms with E-state index in [9.17, 15) is 0 Å². The maximum atomic E-state index is 2.42. The number of benzene rings is 6. The fourth-order valence-electron chi connectivity index (χ4n) is 6.43. The normalized spacial score (nSPS) is 12.1. The highest BCUT2D eigenvalue weighted by atomic mass is 32.1. The van der Waals surface area contributed by atoms with Crippen LogP contribution in [0.4, 0.5) is 0 Å². The molecule has 9 rings (SSSR count). The molecule has 0 aliphatic heterocycles. The van der Waals surface area contributed by atoms with E-state index in [0.717, 1.165) is 0 Å². The fourth-order valence-corrected chi connectivity index (χ4v) is 7.52. The van der Waals surface area contributed by atoms with Crippen LogP contribution in [0.15, 0.2) is 133 Å². The summed E-state index contributed by atoms with van der Waals surface area (Å²) in [5, 5.41) is 7.75. The van der Waals surface area contributed by atoms with Gasteiger partial charge in [-0.1, -0.05) is 72.8 Å². The first-order valence-corrected chi connectivity index (χ1v) is 14.1. The molecule has 0 N–H and O–H groups in total. The Kier molecular flexibility index (Phi) is 4.24. The van der Waals surface area contributed by atoms with E-state index in [0.29, 0.717) is 0 Å². The third-order valence-electron chi connectivity index (χ3n) is 8.11. The molecule has 0 bridgehead atoms. The SMILES string of the molecule is c1ccc2c(c1)sc1ccc(-n3c4ccccc4c4cc(-n5c6ccccc6c6ccccc65)ccc43)cc12. The van der Waals surface area contributed by atoms with E-state index in [1.807, 2.05) is 11.3 Å². The molecular formula is C36H22N2S. The minimum atomic E-state index is 1.18. The molecule has 0 amide bonds. The molecule has 0 aliphatic rings. The highest BCUT2D eigenvalue weighted by molar-refractivity contribution is 7.25. The van der Waals surface area contributed by atoms with Crippen LogP contribution in [0.1, 0.15) is 0 Å². The molecule has 0 saturated carbocycles. The quantitative estimate of drug-likeness (QED) is 0.217. The molecule has 0 atom stereocenters. The topological polar surface area (TPSA) is 9.86 Å². The Labute approximate surface area is 228 Å². The summed E-state index contributed by atoms with van der Waals surface area (Å²) in [5.74, 6) is 0. The smallest absolute Gasteiger partial charge is 0.0542 e. The Balaban J connectivity index is 1.34. The van der Waals surface area contributed by atoms with E-state index in [2.05, 4.69) is 143 Å². The Morgan fingerprint density at radius 3 is 1.41 bits per heavy atom. The van der Waals surface area contributed by atoms with Crippen LogP contribution in [0.5, 0.6) is 0 Å². The van der Waals surface area contributed by atoms with E-state index in [-0.39, 0.29) is 0 Å². The third-order valence-corrected chi connectivity index (χ3v) is 9.26. The Morgan fingerprint density at radius 2 is 0.769 bits per heavy atom. The number of thiophene rings is 1. The van der Waals surface area contributed by atoms with Crippen LogP contribution in [0, 0.1) is 0 Å². The van der Waals surface area contributed by atoms with Crippen molar-refractivity contribution < 1.29 is 0 Å². The molecule has 3 aromatic heterocycles. The van der Waals surface area contributed by atoms with Crippen LogP contribution >= 0.6 is 11.3 Å². The Morgan fingerprint density at radius 1 is 0.333 bits per heavy atom. The number of hydrogen-bond donors (Lipinski definition) is 0. The summed E-state index contributed by atoms with van der Waals surface area (Å²) in [7, 11) is 0. The summed E-state index contributed by atoms with van der Waals surface area (Å²) in [6.45, 7) is 0. The zero-order valence-corrected chi connectivity index (χ0v) is 21.8. The van der Waals surface area contributed by atoms with Crippen molar-refractivity contribution in [1.29, 1.82) is 0 Å². The second-order valence-corrected chi connectivity index (χ2v) is 11.3. The number of hydrogen-bond acceptors (Lipinski definition) is 1. The Bertz CT molecular complexity index is 2350. The first-order valence-electron chi connectivity index (χ1n) is 13.3. The summed E-state index contributed by atoms with van der Waals surface area (Å²) >= 11 is 1.86. The van der Waals surface area contributed by atoms with E-state index >= 15 is 0 Å². The average Bonchev–Trinajstić information content (AvgIpc) is 3.64. The molecule has 3 heterocycles. The van der Waals surface area contributed by atoms with Gasteiger partial charge in [0.1, 0.15) is 0 Å². The van der Waals surface area contributed by atoms with E-state index < -0.39 is 0 Å². The van der Waals surface area contributed by atoms with Gasteiger partial charge in [-0.2, -0.15) is 0 Å². The van der Waals surface area contributed by atoms with Crippen molar-refractivity contribution in [2.75, 3.05) is 0 Å². The van der Waals surface area contributed by atoms with E-state index in [1.54, 1.807) is 0 Å². The van der Waals surface area contributed by atoms with Crippen molar-refractivity contribution >= 4 is 75.1 Å². The molecule has 0 spiro atoms. The minimum absolute atomic E-state index is 1.18. The maximum absolute atomic E-state index is 2.42. The largest absolute Gasteiger partial charge is 0.309 e. The highest BCUT2D eigenvalue weighted by Gasteiger charge is 2.16. The molecule has 0 unspecified atom stereocenters. The van der Waals surface area contributed by atoms with Crippen molar-refractivity contribution in [2.45, 2.75) is 0 Å². The number of fused-ring (bicyclic) bond motifs is 9. The maximum Gasteiger partial charge on any atom is 0.0542 e. The van der Waals surface area contributed by atoms with Crippen LogP contribution in [0.2, 0.25) is 0 Å². The number of para-hydroxylation sites is 3. The summed E-state index contributed by atoms with van der Waals surface area (Å²) < 4.78 is 7.49. The van der Waals surface area contributed by atoms with Crippen LogP contribution in [0.3, 0.4) is 0 Å². The van der Waals surface area contributed by atoms with Gasteiger partial charge in [-0.05, 0) is 60.7 Å². The van der Waals surface area contributed by atoms with Gasteiger partial charge in [0.2, 0.25) is 0 Å². The average molecular weight is 515 g/mol. The van der Waals surface area contributed by atoms with Gasteiger partial charge in [0.15, 0.2) is 0 Å². The Hall–Kier alpha value is -4.86. The lowest BCUT2D eigenvalue weighted by Crippen LogP contribution is -1.95. The molecular weight excluding hydrogens is 492 g/mol. The first kappa shape index (κ1) is 21.1. The lowest BCUT2D eigenvalue weighted by atomic mass is 10.1. The predicted octanol–water partition coefficient (Wildman–Crippen LogP) is 10.2. The van der Waals surface area contributed by atoms with Crippen molar-refractivity contribution in [2.24, 2.45) is 0 Å². The summed E-state index contributed by atoms with van der Waals surface area (Å²) in [6.07, 6.45) is 0. The molecule has 0 aliphatic carbocycles. The number of rotatable bonds is 2. The molecule has 3 heteroatoms. The number of nitrogens with zero attached hydrogens (tertiary/aromatic N) is 2. The predicted molar refractivity (Wildman–Crippen MR) is 168 cm³/mol. The van der Waals surface area contributed by atoms with Gasteiger partial charge >= 0.3 is 0 Å². The minimum Gasteiger partial charge on any atom is -0.309 e. The zero-order valence-electron chi connectivity index (χ0n) is 21.0. The van der Waals surface area contributed by atoms with Crippen LogP contribution < -0.4 is 0 Å². The molecule has 2 nitrogen and oxygen atoms in total. The standard InChI is InChI=1S/C36H22N2S/c1-5-13-31-25(9-1)26-10-2-6-14-32(26)37(31)23-17-19-34-29(21-23)27-11-3-7-15-33(27)38(34)24-18-20-36-30(22-24)28-12-4-8-16-35(28)39-36/h1-22H. The molecule has 9 aromatic rings. The van der Waals surface area contributed by atoms with Crippen LogP contribution in [-0.4, -0.2) is 9.13 Å². The van der Waals surface area contributed by atoms with Gasteiger partial charge < -0.3 is 9.13 Å². The monoisotopic (exact) mass is 514 g/mol. The van der Waals surface area contributed by atoms with Gasteiger partial charge in [-0.25, -0.2) is 0 Å². The lowest BCUT2D eigenvalue weighted by Gasteiger charge is -2.10. The van der Waals surface area contributed by atoms with Gasteiger partial charge in [-0.3, -0.25) is 0 Å². The lowest BCUT2D eigenvalue weighted by molar-refractivity contribution is 1.17. The number of aromatic nitrogens is 2. The van der Waals surface area contributed by atoms with E-state index in [4.69, 9.17) is 0 Å². The summed E-state index contributed by atoms with van der Waals surface area (Å²) in [4.78, 5) is 0. The van der Waals surface area contributed by atoms with Gasteiger partial charge in [0.25, 0.3) is 0 Å². The first-order chi connectivity index (χ1) is 19.3. The zero-order chi connectivity index (χ0) is 25.5. The van der Waals surface area contributed by atoms with Crippen LogP contribution in [0.25, 0.3) is 75.2 Å². The highest BCUT2D eigenvalue weighted by Crippen LogP contribution is 2.39. The van der Waals surface area contributed by atoms with E-state index in [1.165, 1.54) is 75.2 Å². The second kappa shape index (κ2) is 7.83. The van der Waals surface area contributed by atoms with Crippen molar-refractivity contribution in [3.63, 3.8) is 0 Å². The van der Waals surface area contributed by atoms with Gasteiger partial charge in [0.05, 0.1) is 22.1 Å². The molecule has 0 radical (unpaired) electrons. The second-order valence-electron chi connectivity index (χ2n) is 10.2. The van der Waals surface area contributed by atoms with Crippen LogP contribution in [-0.2, 0) is 0 Å². The molecule has 6 aromatic carbocycles. The van der Waals surface area contributed by atoms with Crippen molar-refractivity contribution in [3.8, 4) is 11.4 Å². The molecule has 0 saturated heterocycles. The van der Waals surface area contributed by atoms with Crippen molar-refractivity contribution in [3.05, 3.63) is 133 Å². The third kappa shape index (κ3) is 2.91. The molecule has 0 fully saturated rings. The van der Waals surface area contributed by atoms with Crippen molar-refractivity contribution in [1.82, 2.24) is 9.13 Å². The molecule has 182 valence electrons. The van der Waals surface area contributed by atoms with Gasteiger partial charge in [0, 0.05) is 53.1 Å². The fraction of sp³-hybridized carbons (Fsp3) is 0. The summed E-state index contributed by atoms with van der Waals surface area (Å²) in [5.41, 5.74) is 7.29.